The van der Waals surface area contributed by atoms with Crippen LogP contribution < -0.4 is 4.74 Å². The lowest BCUT2D eigenvalue weighted by Gasteiger charge is -2.15. The van der Waals surface area contributed by atoms with Gasteiger partial charge in [-0.25, -0.2) is 0 Å². The van der Waals surface area contributed by atoms with E-state index in [-0.39, 0.29) is 6.42 Å². The first kappa shape index (κ1) is 28.5. The SMILES string of the molecule is C=C/C=C(\C=C/CC)CO/C(C)=C(\CC)COc1ccc(C(/C=N/O/C=C\C)CC(=O)O)cc1. The summed E-state index contributed by atoms with van der Waals surface area (Å²) in [4.78, 5) is 16.2. The van der Waals surface area contributed by atoms with Crippen molar-refractivity contribution in [2.75, 3.05) is 13.2 Å². The zero-order chi connectivity index (χ0) is 25.2. The Morgan fingerprint density at radius 1 is 1.21 bits per heavy atom. The van der Waals surface area contributed by atoms with Crippen LogP contribution in [0.5, 0.6) is 5.75 Å². The third-order valence-corrected chi connectivity index (χ3v) is 4.89. The molecule has 0 amide bonds. The molecule has 0 aliphatic heterocycles. The molecule has 0 aromatic heterocycles. The fourth-order valence-corrected chi connectivity index (χ4v) is 2.95. The van der Waals surface area contributed by atoms with E-state index in [4.69, 9.17) is 14.3 Å². The van der Waals surface area contributed by atoms with Gasteiger partial charge in [-0.15, -0.1) is 0 Å². The van der Waals surface area contributed by atoms with Crippen LogP contribution in [0, 0.1) is 0 Å². The van der Waals surface area contributed by atoms with Gasteiger partial charge in [0, 0.05) is 11.5 Å². The van der Waals surface area contributed by atoms with Gasteiger partial charge in [0.2, 0.25) is 0 Å². The van der Waals surface area contributed by atoms with Crippen molar-refractivity contribution in [1.29, 1.82) is 0 Å². The molecule has 1 aromatic carbocycles. The summed E-state index contributed by atoms with van der Waals surface area (Å²) in [7, 11) is 0. The number of aliphatic carboxylic acids is 1. The van der Waals surface area contributed by atoms with Crippen molar-refractivity contribution in [1.82, 2.24) is 0 Å². The number of oxime groups is 1. The highest BCUT2D eigenvalue weighted by Crippen LogP contribution is 2.22. The largest absolute Gasteiger partial charge is 0.493 e. The van der Waals surface area contributed by atoms with E-state index in [9.17, 15) is 9.90 Å². The zero-order valence-electron chi connectivity index (χ0n) is 20.7. The van der Waals surface area contributed by atoms with Crippen molar-refractivity contribution >= 4 is 12.2 Å². The van der Waals surface area contributed by atoms with Crippen LogP contribution in [0.15, 0.2) is 89.5 Å². The minimum Gasteiger partial charge on any atom is -0.493 e. The molecule has 0 spiro atoms. The van der Waals surface area contributed by atoms with Crippen LogP contribution in [0.4, 0.5) is 0 Å². The summed E-state index contributed by atoms with van der Waals surface area (Å²) in [5.74, 6) is 0.222. The first-order valence-corrected chi connectivity index (χ1v) is 11.5. The van der Waals surface area contributed by atoms with E-state index in [1.54, 1.807) is 19.1 Å². The van der Waals surface area contributed by atoms with E-state index >= 15 is 0 Å². The first-order chi connectivity index (χ1) is 16.4. The molecule has 1 rings (SSSR count). The summed E-state index contributed by atoms with van der Waals surface area (Å²) in [6, 6.07) is 7.34. The van der Waals surface area contributed by atoms with Crippen molar-refractivity contribution in [3.05, 3.63) is 90.0 Å². The average molecular weight is 468 g/mol. The van der Waals surface area contributed by atoms with E-state index in [0.717, 1.165) is 35.3 Å². The third kappa shape index (κ3) is 11.4. The Kier molecular flexibility index (Phi) is 14.3. The zero-order valence-corrected chi connectivity index (χ0v) is 20.7. The van der Waals surface area contributed by atoms with Gasteiger partial charge in [-0.1, -0.05) is 62.0 Å². The Hall–Kier alpha value is -3.54. The number of carbonyl (C=O) groups is 1. The summed E-state index contributed by atoms with van der Waals surface area (Å²) in [5.41, 5.74) is 2.94. The monoisotopic (exact) mass is 467 g/mol. The van der Waals surface area contributed by atoms with Crippen LogP contribution in [0.3, 0.4) is 0 Å². The number of allylic oxidation sites excluding steroid dienone is 5. The quantitative estimate of drug-likeness (QED) is 0.123. The highest BCUT2D eigenvalue weighted by molar-refractivity contribution is 5.77. The maximum absolute atomic E-state index is 11.2. The molecule has 1 aromatic rings. The lowest BCUT2D eigenvalue weighted by Crippen LogP contribution is -2.08. The standard InChI is InChI=1S/C28H37NO5/c1-6-10-12-23(11-7-2)20-32-22(5)24(9-4)21-33-27-15-13-25(14-16-27)26(18-28(30)31)19-29-34-17-8-3/h7-8,10-17,19,26H,2,6,9,18,20-21H2,1,3-5H3,(H,30,31)/b12-10-,17-8-,23-11+,24-22+,29-19+. The molecule has 6 heteroatoms. The van der Waals surface area contributed by atoms with Crippen molar-refractivity contribution < 1.29 is 24.2 Å². The molecule has 6 nitrogen and oxygen atoms in total. The molecule has 0 heterocycles. The normalized spacial score (nSPS) is 13.8. The minimum atomic E-state index is -0.910. The predicted octanol–water partition coefficient (Wildman–Crippen LogP) is 6.94. The lowest BCUT2D eigenvalue weighted by molar-refractivity contribution is -0.137. The lowest BCUT2D eigenvalue weighted by atomic mass is 9.97. The Bertz CT molecular complexity index is 907. The third-order valence-electron chi connectivity index (χ3n) is 4.89. The number of nitrogens with zero attached hydrogens (tertiary/aromatic N) is 1. The molecule has 0 aliphatic rings. The van der Waals surface area contributed by atoms with E-state index in [1.807, 2.05) is 43.3 Å². The van der Waals surface area contributed by atoms with Crippen LogP contribution in [-0.4, -0.2) is 30.5 Å². The fraction of sp³-hybridized carbons (Fsp3) is 0.357. The van der Waals surface area contributed by atoms with Crippen LogP contribution in [0.25, 0.3) is 0 Å². The summed E-state index contributed by atoms with van der Waals surface area (Å²) < 4.78 is 11.9. The number of benzene rings is 1. The van der Waals surface area contributed by atoms with Gasteiger partial charge < -0.3 is 19.4 Å². The van der Waals surface area contributed by atoms with Crippen LogP contribution in [-0.2, 0) is 14.4 Å². The van der Waals surface area contributed by atoms with Crippen LogP contribution in [0.2, 0.25) is 0 Å². The van der Waals surface area contributed by atoms with Gasteiger partial charge >= 0.3 is 5.97 Å². The molecule has 184 valence electrons. The second kappa shape index (κ2) is 17.0. The molecule has 1 N–H and O–H groups in total. The first-order valence-electron chi connectivity index (χ1n) is 11.5. The molecule has 0 saturated heterocycles. The second-order valence-electron chi connectivity index (χ2n) is 7.48. The Labute approximate surface area is 203 Å². The highest BCUT2D eigenvalue weighted by atomic mass is 16.6. The Balaban J connectivity index is 2.81. The van der Waals surface area contributed by atoms with Gasteiger partial charge in [0.1, 0.15) is 25.2 Å². The Morgan fingerprint density at radius 2 is 1.94 bits per heavy atom. The molecule has 34 heavy (non-hydrogen) atoms. The van der Waals surface area contributed by atoms with Crippen molar-refractivity contribution in [3.8, 4) is 5.75 Å². The van der Waals surface area contributed by atoms with Crippen molar-refractivity contribution in [2.45, 2.75) is 52.9 Å². The number of carboxylic acids is 1. The summed E-state index contributed by atoms with van der Waals surface area (Å²) in [6.45, 7) is 12.5. The maximum atomic E-state index is 11.2. The molecule has 0 fully saturated rings. The fourth-order valence-electron chi connectivity index (χ4n) is 2.95. The van der Waals surface area contributed by atoms with Gasteiger partial charge in [0.15, 0.2) is 0 Å². The molecule has 1 atom stereocenters. The highest BCUT2D eigenvalue weighted by Gasteiger charge is 2.14. The van der Waals surface area contributed by atoms with Crippen molar-refractivity contribution in [3.63, 3.8) is 0 Å². The van der Waals surface area contributed by atoms with Gasteiger partial charge in [0.25, 0.3) is 0 Å². The molecule has 0 saturated carbocycles. The van der Waals surface area contributed by atoms with E-state index in [1.165, 1.54) is 12.5 Å². The number of carboxylic acid groups (broad SMARTS) is 1. The van der Waals surface area contributed by atoms with Gasteiger partial charge in [0.05, 0.1) is 18.4 Å². The van der Waals surface area contributed by atoms with E-state index < -0.39 is 11.9 Å². The van der Waals surface area contributed by atoms with Crippen LogP contribution >= 0.6 is 0 Å². The number of rotatable bonds is 16. The van der Waals surface area contributed by atoms with Gasteiger partial charge in [-0.3, -0.25) is 4.79 Å². The summed E-state index contributed by atoms with van der Waals surface area (Å²) in [5, 5.41) is 13.0. The smallest absolute Gasteiger partial charge is 0.304 e. The van der Waals surface area contributed by atoms with Crippen molar-refractivity contribution in [2.24, 2.45) is 5.16 Å². The number of hydrogen-bond acceptors (Lipinski definition) is 5. The van der Waals surface area contributed by atoms with Gasteiger partial charge in [-0.2, -0.15) is 0 Å². The number of ether oxygens (including phenoxy) is 2. The second-order valence-corrected chi connectivity index (χ2v) is 7.48. The van der Waals surface area contributed by atoms with E-state index in [0.29, 0.717) is 19.0 Å². The molecule has 0 bridgehead atoms. The topological polar surface area (TPSA) is 77.3 Å². The molecular weight excluding hydrogens is 430 g/mol. The molecule has 0 radical (unpaired) electrons. The molecule has 0 aliphatic carbocycles. The molecule has 1 unspecified atom stereocenters. The van der Waals surface area contributed by atoms with E-state index in [2.05, 4.69) is 31.7 Å². The molecular formula is C28H37NO5. The summed E-state index contributed by atoms with van der Waals surface area (Å²) in [6.07, 6.45) is 14.1. The Morgan fingerprint density at radius 3 is 2.53 bits per heavy atom. The van der Waals surface area contributed by atoms with Gasteiger partial charge in [-0.05, 0) is 56.0 Å². The van der Waals surface area contributed by atoms with Crippen LogP contribution in [0.1, 0.15) is 58.4 Å². The average Bonchev–Trinajstić information content (AvgIpc) is 2.83. The summed E-state index contributed by atoms with van der Waals surface area (Å²) >= 11 is 0. The predicted molar refractivity (Wildman–Crippen MR) is 138 cm³/mol. The minimum absolute atomic E-state index is 0.0854. The maximum Gasteiger partial charge on any atom is 0.304 e. The number of hydrogen-bond donors (Lipinski definition) is 1.